The highest BCUT2D eigenvalue weighted by Crippen LogP contribution is 2.14. The largest absolute Gasteiger partial charge is 0.464 e. The van der Waals surface area contributed by atoms with Gasteiger partial charge in [0.05, 0.1) is 33.5 Å². The molecule has 22 nitrogen and oxygen atoms in total. The molecule has 2 aromatic carbocycles. The number of rotatable bonds is 29. The van der Waals surface area contributed by atoms with E-state index in [4.69, 9.17) is 19.9 Å². The van der Waals surface area contributed by atoms with Crippen molar-refractivity contribution in [3.8, 4) is 0 Å². The molecule has 4 aromatic rings. The van der Waals surface area contributed by atoms with Crippen LogP contribution in [0.25, 0.3) is 0 Å². The first-order valence-electron chi connectivity index (χ1n) is 21.8. The maximum atomic E-state index is 14.3. The topological polar surface area (TPSA) is 312 Å². The van der Waals surface area contributed by atoms with Crippen molar-refractivity contribution in [3.05, 3.63) is 95.3 Å². The highest BCUT2D eigenvalue weighted by Gasteiger charge is 2.33. The van der Waals surface area contributed by atoms with Crippen molar-refractivity contribution in [2.45, 2.75) is 70.1 Å². The number of unbranched alkanes of at least 4 members (excludes halogenated alkanes) is 1. The van der Waals surface area contributed by atoms with Gasteiger partial charge in [0.15, 0.2) is 11.6 Å². The molecule has 0 unspecified atom stereocenters. The zero-order valence-corrected chi connectivity index (χ0v) is 38.1. The SMILES string of the molecule is COCCOCCOCC(=O)Nc1cc(C(=O)N[C@@H](Cc2ccccc2)C(=O)N[C@@H](Cc2ccccc2)C(=O)N[C@@H](CCCCN)C(=O)N[C@H](C(=O)Nc2cc(C(=O)OC)[nH]n2)C(C)C)[nH]n1. The Labute approximate surface area is 387 Å². The lowest BCUT2D eigenvalue weighted by atomic mass is 10.0. The Balaban J connectivity index is 1.50. The van der Waals surface area contributed by atoms with Crippen molar-refractivity contribution in [1.29, 1.82) is 0 Å². The van der Waals surface area contributed by atoms with E-state index in [2.05, 4.69) is 57.0 Å². The molecule has 2 aromatic heterocycles. The Morgan fingerprint density at radius 3 is 1.76 bits per heavy atom. The quantitative estimate of drug-likeness (QED) is 0.0271. The highest BCUT2D eigenvalue weighted by molar-refractivity contribution is 6.01. The normalized spacial score (nSPS) is 12.8. The standard InChI is InChI=1S/C45H61N11O11/c1-28(2)39(44(62)51-37-26-35(54-56-37)45(63)65-4)52-40(58)31(17-11-12-18-46)47-41(59)32(23-29-13-7-5-8-14-29)48-42(60)33(24-30-15-9-6-10-16-30)49-43(61)34-25-36(55-53-34)50-38(57)27-67-22-21-66-20-19-64-3/h5-10,13-16,25-26,28,31-33,39H,11-12,17-24,27,46H2,1-4H3,(H,47,59)(H,48,60)(H,49,61)(H,52,58)(H2,50,53,55,57)(H2,51,54,56,62)/t31-,32-,33-,39-/m0/s1. The van der Waals surface area contributed by atoms with Crippen LogP contribution in [-0.4, -0.2) is 140 Å². The number of hydrogen-bond acceptors (Lipinski definition) is 14. The average Bonchev–Trinajstić information content (AvgIpc) is 4.00. The number of methoxy groups -OCH3 is 2. The number of aromatic amines is 2. The van der Waals surface area contributed by atoms with Gasteiger partial charge in [-0.05, 0) is 42.9 Å². The van der Waals surface area contributed by atoms with E-state index in [0.29, 0.717) is 43.7 Å². The number of carbonyl (C=O) groups excluding carboxylic acids is 7. The lowest BCUT2D eigenvalue weighted by Crippen LogP contribution is -2.59. The number of hydrogen-bond donors (Lipinski definition) is 9. The minimum absolute atomic E-state index is 0.00394. The van der Waals surface area contributed by atoms with E-state index in [0.717, 1.165) is 0 Å². The molecule has 362 valence electrons. The molecule has 0 saturated carbocycles. The number of carbonyl (C=O) groups is 7. The Morgan fingerprint density at radius 1 is 0.627 bits per heavy atom. The molecule has 4 atom stereocenters. The third-order valence-corrected chi connectivity index (χ3v) is 10.0. The zero-order valence-electron chi connectivity index (χ0n) is 38.1. The van der Waals surface area contributed by atoms with Gasteiger partial charge in [0.25, 0.3) is 11.8 Å². The fraction of sp³-hybridized carbons (Fsp3) is 0.444. The van der Waals surface area contributed by atoms with Crippen LogP contribution in [0.2, 0.25) is 0 Å². The Kier molecular flexibility index (Phi) is 22.1. The fourth-order valence-corrected chi connectivity index (χ4v) is 6.46. The number of esters is 1. The molecule has 0 saturated heterocycles. The van der Waals surface area contributed by atoms with Crippen molar-refractivity contribution in [2.24, 2.45) is 11.7 Å². The molecule has 22 heteroatoms. The molecule has 6 amide bonds. The van der Waals surface area contributed by atoms with Gasteiger partial charge in [0.1, 0.15) is 42.2 Å². The third-order valence-electron chi connectivity index (χ3n) is 10.0. The molecule has 0 aliphatic rings. The van der Waals surface area contributed by atoms with Gasteiger partial charge >= 0.3 is 5.97 Å². The van der Waals surface area contributed by atoms with Crippen LogP contribution in [0.1, 0.15) is 65.2 Å². The van der Waals surface area contributed by atoms with Crippen LogP contribution in [0.3, 0.4) is 0 Å². The summed E-state index contributed by atoms with van der Waals surface area (Å²) in [5.41, 5.74) is 7.09. The Hall–Kier alpha value is -7.01. The molecule has 0 aliphatic heterocycles. The number of amides is 6. The van der Waals surface area contributed by atoms with Crippen molar-refractivity contribution in [1.82, 2.24) is 41.7 Å². The molecule has 10 N–H and O–H groups in total. The number of ether oxygens (including phenoxy) is 4. The molecule has 0 aliphatic carbocycles. The molecule has 0 fully saturated rings. The first-order chi connectivity index (χ1) is 32.3. The summed E-state index contributed by atoms with van der Waals surface area (Å²) in [6.45, 7) is 4.74. The summed E-state index contributed by atoms with van der Waals surface area (Å²) >= 11 is 0. The van der Waals surface area contributed by atoms with Gasteiger partial charge in [-0.3, -0.25) is 39.0 Å². The second-order valence-electron chi connectivity index (χ2n) is 15.6. The predicted molar refractivity (Wildman–Crippen MR) is 244 cm³/mol. The number of benzene rings is 2. The monoisotopic (exact) mass is 931 g/mol. The summed E-state index contributed by atoms with van der Waals surface area (Å²) in [6, 6.07) is 15.7. The van der Waals surface area contributed by atoms with E-state index >= 15 is 0 Å². The smallest absolute Gasteiger partial charge is 0.356 e. The van der Waals surface area contributed by atoms with Crippen LogP contribution < -0.4 is 37.6 Å². The van der Waals surface area contributed by atoms with Crippen molar-refractivity contribution < 1.29 is 52.5 Å². The number of nitrogens with one attached hydrogen (secondary N) is 8. The Morgan fingerprint density at radius 2 is 1.16 bits per heavy atom. The van der Waals surface area contributed by atoms with Gasteiger partial charge < -0.3 is 56.6 Å². The summed E-state index contributed by atoms with van der Waals surface area (Å²) in [4.78, 5) is 94.1. The molecule has 0 spiro atoms. The van der Waals surface area contributed by atoms with Crippen molar-refractivity contribution in [2.75, 3.05) is 64.4 Å². The number of aromatic nitrogens is 4. The van der Waals surface area contributed by atoms with Gasteiger partial charge in [-0.25, -0.2) is 4.79 Å². The molecule has 0 bridgehead atoms. The summed E-state index contributed by atoms with van der Waals surface area (Å²) < 4.78 is 20.2. The van der Waals surface area contributed by atoms with Crippen LogP contribution >= 0.6 is 0 Å². The lowest BCUT2D eigenvalue weighted by molar-refractivity contribution is -0.133. The predicted octanol–water partition coefficient (Wildman–Crippen LogP) is 0.999. The summed E-state index contributed by atoms with van der Waals surface area (Å²) in [5.74, 6) is -5.02. The van der Waals surface area contributed by atoms with Gasteiger partial charge in [-0.1, -0.05) is 74.5 Å². The van der Waals surface area contributed by atoms with Crippen LogP contribution in [0.4, 0.5) is 11.6 Å². The minimum atomic E-state index is -1.25. The third kappa shape index (κ3) is 18.1. The maximum absolute atomic E-state index is 14.3. The number of nitrogens with two attached hydrogens (primary N) is 1. The molecule has 67 heavy (non-hydrogen) atoms. The number of H-pyrrole nitrogens is 2. The summed E-state index contributed by atoms with van der Waals surface area (Å²) in [6.07, 6.45) is 1.14. The lowest BCUT2D eigenvalue weighted by Gasteiger charge is -2.27. The van der Waals surface area contributed by atoms with E-state index in [1.165, 1.54) is 19.2 Å². The van der Waals surface area contributed by atoms with Gasteiger partial charge in [-0.2, -0.15) is 10.2 Å². The van der Waals surface area contributed by atoms with Crippen LogP contribution in [-0.2, 0) is 55.8 Å². The number of nitrogens with zero attached hydrogens (tertiary/aromatic N) is 2. The van der Waals surface area contributed by atoms with E-state index in [1.807, 2.05) is 0 Å². The molecule has 4 rings (SSSR count). The summed E-state index contributed by atoms with van der Waals surface area (Å²) in [7, 11) is 2.76. The molecule has 2 heterocycles. The van der Waals surface area contributed by atoms with Gasteiger partial charge in [0, 0.05) is 32.1 Å². The van der Waals surface area contributed by atoms with Gasteiger partial charge in [0.2, 0.25) is 23.6 Å². The second kappa shape index (κ2) is 28.1. The van der Waals surface area contributed by atoms with Gasteiger partial charge in [-0.15, -0.1) is 0 Å². The molecular weight excluding hydrogens is 871 g/mol. The first kappa shape index (κ1) is 52.6. The van der Waals surface area contributed by atoms with Crippen LogP contribution in [0, 0.1) is 5.92 Å². The first-order valence-corrected chi connectivity index (χ1v) is 21.8. The molecule has 0 radical (unpaired) electrons. The van der Waals surface area contributed by atoms with E-state index in [-0.39, 0.29) is 62.1 Å². The fourth-order valence-electron chi connectivity index (χ4n) is 6.46. The summed E-state index contributed by atoms with van der Waals surface area (Å²) in [5, 5.41) is 29.2. The second-order valence-corrected chi connectivity index (χ2v) is 15.6. The maximum Gasteiger partial charge on any atom is 0.356 e. The zero-order chi connectivity index (χ0) is 48.6. The minimum Gasteiger partial charge on any atom is -0.464 e. The Bertz CT molecular complexity index is 2200. The van der Waals surface area contributed by atoms with Crippen LogP contribution in [0.15, 0.2) is 72.8 Å². The van der Waals surface area contributed by atoms with E-state index in [1.54, 1.807) is 81.6 Å². The van der Waals surface area contributed by atoms with Crippen molar-refractivity contribution >= 4 is 53.0 Å². The highest BCUT2D eigenvalue weighted by atomic mass is 16.5. The van der Waals surface area contributed by atoms with E-state index in [9.17, 15) is 33.6 Å². The van der Waals surface area contributed by atoms with E-state index < -0.39 is 71.5 Å². The molecular formula is C45H61N11O11. The van der Waals surface area contributed by atoms with Crippen LogP contribution in [0.5, 0.6) is 0 Å². The van der Waals surface area contributed by atoms with Crippen molar-refractivity contribution in [3.63, 3.8) is 0 Å². The number of anilines is 2. The average molecular weight is 932 g/mol.